The average molecular weight is 323 g/mol. The Morgan fingerprint density at radius 2 is 1.91 bits per heavy atom. The molecule has 12 heteroatoms. The molecule has 0 unspecified atom stereocenters. The van der Waals surface area contributed by atoms with Crippen molar-refractivity contribution in [1.82, 2.24) is 19.6 Å². The summed E-state index contributed by atoms with van der Waals surface area (Å²) in [5.74, 6) is -1.42. The molecule has 1 amide bonds. The van der Waals surface area contributed by atoms with Crippen molar-refractivity contribution < 1.29 is 14.6 Å². The van der Waals surface area contributed by atoms with Gasteiger partial charge in [0, 0.05) is 7.05 Å². The van der Waals surface area contributed by atoms with E-state index in [4.69, 9.17) is 0 Å². The topological polar surface area (TPSA) is 151 Å². The summed E-state index contributed by atoms with van der Waals surface area (Å²) >= 11 is 0. The second-order valence-corrected chi connectivity index (χ2v) is 4.74. The van der Waals surface area contributed by atoms with E-state index in [1.54, 1.807) is 18.7 Å². The quantitative estimate of drug-likeness (QED) is 0.627. The minimum atomic E-state index is -0.954. The van der Waals surface area contributed by atoms with E-state index in [0.29, 0.717) is 11.4 Å². The summed E-state index contributed by atoms with van der Waals surface area (Å²) in [4.78, 5) is 31.9. The zero-order valence-electron chi connectivity index (χ0n) is 12.5. The van der Waals surface area contributed by atoms with Crippen LogP contribution in [0.15, 0.2) is 6.20 Å². The maximum Gasteiger partial charge on any atom is 0.468 e. The summed E-state index contributed by atoms with van der Waals surface area (Å²) in [6.07, 6.45) is 1.45. The lowest BCUT2D eigenvalue weighted by atomic mass is 10.3. The molecular formula is C11H13N7O5. The van der Waals surface area contributed by atoms with Gasteiger partial charge in [0.1, 0.15) is 12.2 Å². The fraction of sp³-hybridized carbons (Fsp3) is 0.364. The van der Waals surface area contributed by atoms with E-state index < -0.39 is 33.8 Å². The molecular weight excluding hydrogens is 310 g/mol. The molecule has 0 bridgehead atoms. The van der Waals surface area contributed by atoms with Gasteiger partial charge in [-0.25, -0.2) is 0 Å². The molecule has 2 aromatic heterocycles. The number of hydrogen-bond donors (Lipinski definition) is 1. The van der Waals surface area contributed by atoms with Crippen LogP contribution in [0.5, 0.6) is 0 Å². The summed E-state index contributed by atoms with van der Waals surface area (Å²) in [5, 5.41) is 31.8. The lowest BCUT2D eigenvalue weighted by Gasteiger charge is -2.03. The average Bonchev–Trinajstić information content (AvgIpc) is 2.94. The van der Waals surface area contributed by atoms with E-state index >= 15 is 0 Å². The zero-order chi connectivity index (χ0) is 17.3. The number of nitrogens with zero attached hydrogens (tertiary/aromatic N) is 6. The molecule has 12 nitrogen and oxygen atoms in total. The summed E-state index contributed by atoms with van der Waals surface area (Å²) in [6, 6.07) is 0. The summed E-state index contributed by atoms with van der Waals surface area (Å²) in [6.45, 7) is 2.65. The second-order valence-electron chi connectivity index (χ2n) is 4.74. The van der Waals surface area contributed by atoms with Crippen molar-refractivity contribution in [2.24, 2.45) is 7.05 Å². The molecule has 0 spiro atoms. The third-order valence-corrected chi connectivity index (χ3v) is 3.32. The van der Waals surface area contributed by atoms with Crippen LogP contribution in [0, 0.1) is 34.1 Å². The minimum absolute atomic E-state index is 0.0697. The Labute approximate surface area is 129 Å². The molecule has 0 radical (unpaired) electrons. The fourth-order valence-corrected chi connectivity index (χ4v) is 1.96. The number of amides is 1. The van der Waals surface area contributed by atoms with Crippen LogP contribution < -0.4 is 5.32 Å². The van der Waals surface area contributed by atoms with Crippen LogP contribution in [-0.4, -0.2) is 35.3 Å². The van der Waals surface area contributed by atoms with Gasteiger partial charge in [-0.2, -0.15) is 9.78 Å². The van der Waals surface area contributed by atoms with E-state index in [0.717, 1.165) is 4.68 Å². The van der Waals surface area contributed by atoms with Crippen molar-refractivity contribution in [2.75, 3.05) is 5.32 Å². The van der Waals surface area contributed by atoms with Crippen LogP contribution in [0.4, 0.5) is 17.2 Å². The summed E-state index contributed by atoms with van der Waals surface area (Å²) < 4.78 is 2.49. The van der Waals surface area contributed by atoms with E-state index in [1.165, 1.54) is 13.1 Å². The van der Waals surface area contributed by atoms with Gasteiger partial charge < -0.3 is 15.4 Å². The third-order valence-electron chi connectivity index (χ3n) is 3.32. The Kier molecular flexibility index (Phi) is 4.07. The van der Waals surface area contributed by atoms with Crippen LogP contribution in [0.2, 0.25) is 0 Å². The number of carbonyl (C=O) groups excluding carboxylic acids is 1. The SMILES string of the molecule is Cc1c(NC(=O)Cn2nc([N+](=O)[O-])c([N+](=O)[O-])c2C)cnn1C. The van der Waals surface area contributed by atoms with Gasteiger partial charge in [-0.15, -0.1) is 0 Å². The van der Waals surface area contributed by atoms with Crippen molar-refractivity contribution in [1.29, 1.82) is 0 Å². The lowest BCUT2D eigenvalue weighted by Crippen LogP contribution is -2.20. The van der Waals surface area contributed by atoms with Crippen LogP contribution in [0.1, 0.15) is 11.4 Å². The van der Waals surface area contributed by atoms with Crippen LogP contribution in [0.25, 0.3) is 0 Å². The van der Waals surface area contributed by atoms with E-state index in [1.807, 2.05) is 0 Å². The molecule has 0 saturated carbocycles. The third kappa shape index (κ3) is 3.00. The Morgan fingerprint density at radius 3 is 2.35 bits per heavy atom. The van der Waals surface area contributed by atoms with Crippen LogP contribution in [-0.2, 0) is 18.4 Å². The highest BCUT2D eigenvalue weighted by molar-refractivity contribution is 5.91. The van der Waals surface area contributed by atoms with Gasteiger partial charge in [0.05, 0.1) is 27.6 Å². The van der Waals surface area contributed by atoms with Crippen molar-refractivity contribution in [3.05, 3.63) is 37.8 Å². The molecule has 23 heavy (non-hydrogen) atoms. The number of aromatic nitrogens is 4. The largest absolute Gasteiger partial charge is 0.468 e. The van der Waals surface area contributed by atoms with E-state index in [-0.39, 0.29) is 5.69 Å². The first-order chi connectivity index (χ1) is 10.7. The van der Waals surface area contributed by atoms with Crippen molar-refractivity contribution in [3.8, 4) is 0 Å². The number of aryl methyl sites for hydroxylation is 1. The van der Waals surface area contributed by atoms with Crippen molar-refractivity contribution in [2.45, 2.75) is 20.4 Å². The molecule has 0 atom stereocenters. The number of carbonyl (C=O) groups is 1. The number of anilines is 1. The molecule has 0 fully saturated rings. The van der Waals surface area contributed by atoms with Crippen LogP contribution >= 0.6 is 0 Å². The van der Waals surface area contributed by atoms with Gasteiger partial charge >= 0.3 is 11.5 Å². The van der Waals surface area contributed by atoms with Gasteiger partial charge in [-0.3, -0.25) is 19.6 Å². The predicted octanol–water partition coefficient (Wildman–Crippen LogP) is 0.689. The van der Waals surface area contributed by atoms with Gasteiger partial charge in [-0.1, -0.05) is 0 Å². The van der Waals surface area contributed by atoms with Gasteiger partial charge in [-0.05, 0) is 18.8 Å². The zero-order valence-corrected chi connectivity index (χ0v) is 12.5. The molecule has 0 saturated heterocycles. The molecule has 2 heterocycles. The molecule has 2 aromatic rings. The number of nitrogens with one attached hydrogen (secondary N) is 1. The monoisotopic (exact) mass is 323 g/mol. The Hall–Kier alpha value is -3.31. The predicted molar refractivity (Wildman–Crippen MR) is 76.8 cm³/mol. The molecule has 0 aliphatic heterocycles. The summed E-state index contributed by atoms with van der Waals surface area (Å²) in [5.41, 5.74) is 0.402. The second kappa shape index (κ2) is 5.82. The minimum Gasteiger partial charge on any atom is -0.358 e. The highest BCUT2D eigenvalue weighted by Crippen LogP contribution is 2.29. The molecule has 1 N–H and O–H groups in total. The van der Waals surface area contributed by atoms with Crippen molar-refractivity contribution >= 4 is 23.1 Å². The van der Waals surface area contributed by atoms with E-state index in [2.05, 4.69) is 15.5 Å². The smallest absolute Gasteiger partial charge is 0.358 e. The normalized spacial score (nSPS) is 10.6. The van der Waals surface area contributed by atoms with E-state index in [9.17, 15) is 25.0 Å². The first-order valence-corrected chi connectivity index (χ1v) is 6.37. The fourth-order valence-electron chi connectivity index (χ4n) is 1.96. The van der Waals surface area contributed by atoms with Gasteiger partial charge in [0.15, 0.2) is 0 Å². The molecule has 122 valence electrons. The Morgan fingerprint density at radius 1 is 1.26 bits per heavy atom. The Balaban J connectivity index is 2.24. The summed E-state index contributed by atoms with van der Waals surface area (Å²) in [7, 11) is 1.70. The lowest BCUT2D eigenvalue weighted by molar-refractivity contribution is -0.424. The maximum absolute atomic E-state index is 12.0. The first-order valence-electron chi connectivity index (χ1n) is 6.37. The molecule has 0 aliphatic rings. The molecule has 0 aliphatic carbocycles. The number of hydrogen-bond acceptors (Lipinski definition) is 7. The van der Waals surface area contributed by atoms with Gasteiger partial charge in [0.25, 0.3) is 0 Å². The first kappa shape index (κ1) is 16.1. The molecule has 0 aromatic carbocycles. The highest BCUT2D eigenvalue weighted by Gasteiger charge is 2.35. The molecule has 2 rings (SSSR count). The Bertz CT molecular complexity index is 806. The van der Waals surface area contributed by atoms with Gasteiger partial charge in [0.2, 0.25) is 5.91 Å². The maximum atomic E-state index is 12.0. The van der Waals surface area contributed by atoms with Crippen molar-refractivity contribution in [3.63, 3.8) is 0 Å². The highest BCUT2D eigenvalue weighted by atomic mass is 16.6. The number of rotatable bonds is 5. The van der Waals surface area contributed by atoms with Crippen LogP contribution in [0.3, 0.4) is 0 Å². The number of nitro groups is 2. The standard InChI is InChI=1S/C11H13N7O5/c1-6-8(4-12-15(6)3)13-9(19)5-16-7(2)10(17(20)21)11(14-16)18(22)23/h4H,5H2,1-3H3,(H,13,19).